The number of carboxylic acids is 1. The molecule has 2 unspecified atom stereocenters. The molecule has 2 aliphatic rings. The maximum Gasteiger partial charge on any atom is 0.326 e. The third-order valence-electron chi connectivity index (χ3n) is 6.44. The molecule has 2 N–H and O–H groups in total. The van der Waals surface area contributed by atoms with E-state index in [1.54, 1.807) is 13.8 Å². The molecule has 0 radical (unpaired) electrons. The number of likely N-dealkylation sites (tertiary alicyclic amines) is 1. The number of ether oxygens (including phenoxy) is 1. The third-order valence-corrected chi connectivity index (χ3v) is 7.83. The molecule has 8 heteroatoms. The molecule has 0 saturated carbocycles. The smallest absolute Gasteiger partial charge is 0.326 e. The lowest BCUT2D eigenvalue weighted by Crippen LogP contribution is -2.53. The number of esters is 1. The van der Waals surface area contributed by atoms with Crippen molar-refractivity contribution in [2.45, 2.75) is 64.1 Å². The second-order valence-electron chi connectivity index (χ2n) is 8.90. The van der Waals surface area contributed by atoms with Crippen molar-refractivity contribution < 1.29 is 24.2 Å². The highest BCUT2D eigenvalue weighted by atomic mass is 32.2. The number of hydrogen-bond donors (Lipinski definition) is 2. The van der Waals surface area contributed by atoms with Crippen LogP contribution in [0, 0.1) is 5.41 Å². The first-order chi connectivity index (χ1) is 15.3. The Kier molecular flexibility index (Phi) is 8.59. The summed E-state index contributed by atoms with van der Waals surface area (Å²) < 4.78 is 5.22. The Hall–Kier alpha value is -2.06. The van der Waals surface area contributed by atoms with Crippen LogP contribution in [0.1, 0.15) is 45.1 Å². The minimum absolute atomic E-state index is 0.116. The molecule has 2 heterocycles. The second kappa shape index (κ2) is 11.2. The van der Waals surface area contributed by atoms with Crippen molar-refractivity contribution in [1.82, 2.24) is 10.2 Å². The summed E-state index contributed by atoms with van der Waals surface area (Å²) in [5, 5.41) is 12.9. The summed E-state index contributed by atoms with van der Waals surface area (Å²) in [5.41, 5.74) is 0.986. The van der Waals surface area contributed by atoms with Crippen LogP contribution in [0.4, 0.5) is 0 Å². The van der Waals surface area contributed by atoms with Gasteiger partial charge >= 0.3 is 11.9 Å². The Bertz CT molecular complexity index is 797. The molecule has 2 saturated heterocycles. The predicted molar refractivity (Wildman–Crippen MR) is 125 cm³/mol. The quantitative estimate of drug-likeness (QED) is 0.545. The molecule has 1 aromatic rings. The van der Waals surface area contributed by atoms with E-state index in [9.17, 15) is 19.5 Å². The van der Waals surface area contributed by atoms with Gasteiger partial charge in [-0.1, -0.05) is 30.3 Å². The fourth-order valence-electron chi connectivity index (χ4n) is 4.79. The van der Waals surface area contributed by atoms with E-state index in [4.69, 9.17) is 4.74 Å². The number of nitrogens with zero attached hydrogens (tertiary/aromatic N) is 1. The largest absolute Gasteiger partial charge is 0.480 e. The number of amides is 1. The van der Waals surface area contributed by atoms with Crippen LogP contribution in [0.3, 0.4) is 0 Å². The first-order valence-electron chi connectivity index (χ1n) is 11.4. The van der Waals surface area contributed by atoms with Crippen LogP contribution < -0.4 is 5.32 Å². The van der Waals surface area contributed by atoms with E-state index in [1.165, 1.54) is 4.90 Å². The topological polar surface area (TPSA) is 95.9 Å². The molecule has 1 aromatic carbocycles. The zero-order valence-corrected chi connectivity index (χ0v) is 19.7. The highest BCUT2D eigenvalue weighted by molar-refractivity contribution is 7.99. The summed E-state index contributed by atoms with van der Waals surface area (Å²) in [6.45, 7) is 4.19. The average molecular weight is 463 g/mol. The number of aryl methyl sites for hydroxylation is 1. The number of nitrogens with one attached hydrogen (secondary N) is 1. The molecule has 0 aliphatic carbocycles. The Morgan fingerprint density at radius 1 is 1.31 bits per heavy atom. The molecule has 32 heavy (non-hydrogen) atoms. The predicted octanol–water partition coefficient (Wildman–Crippen LogP) is 2.73. The van der Waals surface area contributed by atoms with E-state index in [-0.39, 0.29) is 23.9 Å². The summed E-state index contributed by atoms with van der Waals surface area (Å²) in [6.07, 6.45) is 3.67. The fourth-order valence-corrected chi connectivity index (χ4v) is 6.07. The molecular formula is C24H34N2O5S. The maximum atomic E-state index is 13.3. The van der Waals surface area contributed by atoms with Gasteiger partial charge in [0.15, 0.2) is 0 Å². The van der Waals surface area contributed by atoms with Gasteiger partial charge in [0, 0.05) is 12.3 Å². The maximum absolute atomic E-state index is 13.3. The average Bonchev–Trinajstić information content (AvgIpc) is 3.16. The fraction of sp³-hybridized carbons (Fsp3) is 0.625. The van der Waals surface area contributed by atoms with Gasteiger partial charge in [0.05, 0.1) is 12.6 Å². The molecule has 2 fully saturated rings. The van der Waals surface area contributed by atoms with Crippen LogP contribution in [0.2, 0.25) is 0 Å². The molecule has 3 rings (SSSR count). The normalized spacial score (nSPS) is 24.8. The lowest BCUT2D eigenvalue weighted by molar-refractivity contribution is -0.150. The number of benzene rings is 1. The minimum Gasteiger partial charge on any atom is -0.480 e. The lowest BCUT2D eigenvalue weighted by Gasteiger charge is -2.33. The molecule has 2 aliphatic heterocycles. The first-order valence-corrected chi connectivity index (χ1v) is 12.6. The summed E-state index contributed by atoms with van der Waals surface area (Å²) >= 11 is 1.84. The van der Waals surface area contributed by atoms with Gasteiger partial charge in [-0.25, -0.2) is 4.79 Å². The lowest BCUT2D eigenvalue weighted by atomic mass is 9.83. The summed E-state index contributed by atoms with van der Waals surface area (Å²) in [7, 11) is 0. The van der Waals surface area contributed by atoms with E-state index in [2.05, 4.69) is 5.32 Å². The van der Waals surface area contributed by atoms with Gasteiger partial charge in [-0.2, -0.15) is 11.8 Å². The Morgan fingerprint density at radius 2 is 2.06 bits per heavy atom. The molecule has 1 spiro atoms. The number of carbonyl (C=O) groups is 3. The monoisotopic (exact) mass is 462 g/mol. The zero-order chi connectivity index (χ0) is 23.1. The zero-order valence-electron chi connectivity index (χ0n) is 18.9. The van der Waals surface area contributed by atoms with Crippen molar-refractivity contribution in [3.63, 3.8) is 0 Å². The van der Waals surface area contributed by atoms with Gasteiger partial charge in [-0.3, -0.25) is 14.9 Å². The van der Waals surface area contributed by atoms with E-state index in [0.29, 0.717) is 25.8 Å². The third kappa shape index (κ3) is 6.04. The van der Waals surface area contributed by atoms with E-state index < -0.39 is 24.1 Å². The van der Waals surface area contributed by atoms with Crippen molar-refractivity contribution in [3.8, 4) is 0 Å². The molecule has 1 amide bonds. The summed E-state index contributed by atoms with van der Waals surface area (Å²) in [5.74, 6) is 0.376. The van der Waals surface area contributed by atoms with Crippen LogP contribution >= 0.6 is 11.8 Å². The number of hydrogen-bond acceptors (Lipinski definition) is 6. The van der Waals surface area contributed by atoms with Crippen molar-refractivity contribution >= 4 is 29.6 Å². The van der Waals surface area contributed by atoms with Crippen LogP contribution in [0.15, 0.2) is 30.3 Å². The standard InChI is InChI=1S/C24H34N2O5S/c1-3-31-23(30)19(11-10-18-8-5-4-6-9-18)25-17(2)21(27)26-15-24(12-7-13-32-16-24)14-20(26)22(28)29/h4-6,8-9,17,19-20,25H,3,7,10-16H2,1-2H3,(H,28,29)/t17?,19-,20-,24?/m0/s1. The number of carboxylic acid groups (broad SMARTS) is 1. The number of thioether (sulfide) groups is 1. The Labute approximate surface area is 194 Å². The molecule has 0 aromatic heterocycles. The Balaban J connectivity index is 1.68. The molecule has 7 nitrogen and oxygen atoms in total. The SMILES string of the molecule is CCOC(=O)[C@H](CCc1ccccc1)NC(C)C(=O)N1CC2(CCCSC2)C[C@H]1C(=O)O. The Morgan fingerprint density at radius 3 is 2.69 bits per heavy atom. The van der Waals surface area contributed by atoms with Crippen molar-refractivity contribution in [3.05, 3.63) is 35.9 Å². The van der Waals surface area contributed by atoms with E-state index in [1.807, 2.05) is 42.1 Å². The highest BCUT2D eigenvalue weighted by Gasteiger charge is 2.50. The van der Waals surface area contributed by atoms with Gasteiger partial charge in [0.1, 0.15) is 12.1 Å². The number of carbonyl (C=O) groups excluding carboxylic acids is 2. The first kappa shape index (κ1) is 24.6. The molecular weight excluding hydrogens is 428 g/mol. The van der Waals surface area contributed by atoms with Gasteiger partial charge in [-0.15, -0.1) is 0 Å². The van der Waals surface area contributed by atoms with E-state index >= 15 is 0 Å². The van der Waals surface area contributed by atoms with Crippen LogP contribution in [0.25, 0.3) is 0 Å². The van der Waals surface area contributed by atoms with Gasteiger partial charge in [-0.05, 0) is 62.7 Å². The number of aliphatic carboxylic acids is 1. The van der Waals surface area contributed by atoms with Crippen molar-refractivity contribution in [2.75, 3.05) is 24.7 Å². The van der Waals surface area contributed by atoms with Crippen LogP contribution in [-0.4, -0.2) is 70.6 Å². The molecule has 0 bridgehead atoms. The summed E-state index contributed by atoms with van der Waals surface area (Å²) in [4.78, 5) is 39.3. The minimum atomic E-state index is -0.955. The van der Waals surface area contributed by atoms with E-state index in [0.717, 1.165) is 29.9 Å². The second-order valence-corrected chi connectivity index (χ2v) is 10.0. The molecule has 4 atom stereocenters. The van der Waals surface area contributed by atoms with Crippen LogP contribution in [0.5, 0.6) is 0 Å². The van der Waals surface area contributed by atoms with Gasteiger partial charge in [0.2, 0.25) is 5.91 Å². The van der Waals surface area contributed by atoms with Crippen molar-refractivity contribution in [1.29, 1.82) is 0 Å². The van der Waals surface area contributed by atoms with Crippen molar-refractivity contribution in [2.24, 2.45) is 5.41 Å². The summed E-state index contributed by atoms with van der Waals surface area (Å²) in [6, 6.07) is 7.71. The number of rotatable bonds is 9. The van der Waals surface area contributed by atoms with Gasteiger partial charge in [0.25, 0.3) is 0 Å². The highest BCUT2D eigenvalue weighted by Crippen LogP contribution is 2.44. The molecule has 176 valence electrons. The van der Waals surface area contributed by atoms with Crippen LogP contribution in [-0.2, 0) is 25.5 Å². The van der Waals surface area contributed by atoms with Gasteiger partial charge < -0.3 is 14.7 Å².